The predicted octanol–water partition coefficient (Wildman–Crippen LogP) is 9.18. The van der Waals surface area contributed by atoms with E-state index in [9.17, 15) is 28.4 Å². The van der Waals surface area contributed by atoms with Crippen LogP contribution in [0.4, 0.5) is 28.4 Å². The smallest absolute Gasteiger partial charge is 0.293 e. The van der Waals surface area contributed by atoms with Gasteiger partial charge in [-0.2, -0.15) is 4.98 Å². The number of nitro benzene ring substituents is 1. The van der Waals surface area contributed by atoms with Crippen LogP contribution in [0, 0.1) is 33.8 Å². The molecule has 4 aliphatic heterocycles. The zero-order chi connectivity index (χ0) is 51.7. The van der Waals surface area contributed by atoms with Gasteiger partial charge in [-0.1, -0.05) is 38.1 Å². The number of aliphatic hydroxyl groups is 1. The molecule has 17 nitrogen and oxygen atoms in total. The number of nitro groups is 1. The van der Waals surface area contributed by atoms with Gasteiger partial charge in [0.05, 0.1) is 52.0 Å². The fourth-order valence-electron chi connectivity index (χ4n) is 13.5. The van der Waals surface area contributed by atoms with Crippen LogP contribution in [-0.2, 0) is 19.5 Å². The molecule has 2 aliphatic carbocycles. The fourth-order valence-corrected chi connectivity index (χ4v) is 14.5. The van der Waals surface area contributed by atoms with Crippen LogP contribution >= 0.6 is 0 Å². The van der Waals surface area contributed by atoms with E-state index in [0.717, 1.165) is 75.4 Å². The number of hydrogen-bond donors (Lipinski definition) is 4. The maximum absolute atomic E-state index is 14.8. The van der Waals surface area contributed by atoms with E-state index in [1.165, 1.54) is 23.3 Å². The monoisotopic (exact) mass is 1030 g/mol. The van der Waals surface area contributed by atoms with Crippen LogP contribution in [0.15, 0.2) is 83.9 Å². The number of sulfonamides is 1. The van der Waals surface area contributed by atoms with Gasteiger partial charge in [0.2, 0.25) is 5.88 Å². The number of carbonyl (C=O) groups is 1. The molecule has 1 spiro atoms. The Hall–Kier alpha value is -5.79. The van der Waals surface area contributed by atoms with E-state index in [2.05, 4.69) is 81.7 Å². The summed E-state index contributed by atoms with van der Waals surface area (Å²) in [5, 5.41) is 26.8. The Morgan fingerprint density at radius 1 is 0.946 bits per heavy atom. The van der Waals surface area contributed by atoms with E-state index in [0.29, 0.717) is 74.6 Å². The minimum Gasteiger partial charge on any atom is -0.468 e. The Bertz CT molecular complexity index is 3060. The number of nitrogens with one attached hydrogen (secondary N) is 3. The third kappa shape index (κ3) is 9.17. The molecule has 2 aromatic heterocycles. The summed E-state index contributed by atoms with van der Waals surface area (Å²) in [5.74, 6) is -0.324. The lowest BCUT2D eigenvalue weighted by molar-refractivity contribution is -0.384. The van der Waals surface area contributed by atoms with E-state index < -0.39 is 43.1 Å². The minimum atomic E-state index is -4.64. The van der Waals surface area contributed by atoms with Gasteiger partial charge < -0.3 is 39.4 Å². The molecular weight excluding hydrogens is 961 g/mol. The van der Waals surface area contributed by atoms with Crippen molar-refractivity contribution in [1.29, 1.82) is 0 Å². The average Bonchev–Trinajstić information content (AvgIpc) is 3.70. The molecule has 5 fully saturated rings. The number of hydrogen-bond acceptors (Lipinski definition) is 14. The van der Waals surface area contributed by atoms with Crippen molar-refractivity contribution in [2.24, 2.45) is 16.7 Å². The number of benzene rings is 3. The fraction of sp³-hybridized carbons (Fsp3) is 0.536. The first-order valence-corrected chi connectivity index (χ1v) is 28.0. The van der Waals surface area contributed by atoms with E-state index in [1.807, 2.05) is 37.4 Å². The van der Waals surface area contributed by atoms with Gasteiger partial charge in [-0.15, -0.1) is 0 Å². The largest absolute Gasteiger partial charge is 0.468 e. The van der Waals surface area contributed by atoms with Gasteiger partial charge >= 0.3 is 0 Å². The number of anilines is 4. The molecule has 6 aliphatic rings. The third-order valence-electron chi connectivity index (χ3n) is 18.1. The number of rotatable bonds is 11. The highest BCUT2D eigenvalue weighted by Crippen LogP contribution is 2.65. The number of aromatic nitrogens is 2. The molecule has 74 heavy (non-hydrogen) atoms. The maximum atomic E-state index is 14.8. The number of carbonyl (C=O) groups excluding carboxylic acids is 1. The summed E-state index contributed by atoms with van der Waals surface area (Å²) >= 11 is 0. The molecular formula is C56H70N8O9S. The van der Waals surface area contributed by atoms with Crippen molar-refractivity contribution in [2.75, 3.05) is 61.2 Å². The molecule has 18 heteroatoms. The van der Waals surface area contributed by atoms with E-state index in [4.69, 9.17) is 19.2 Å². The highest BCUT2D eigenvalue weighted by Gasteiger charge is 2.63. The SMILES string of the molecule is Cc1ccccc1[C@@H]1COCCCN1[C@H]1C[C@]2(CCN(c3ccc(C(=O)NS(=O)(=O)c4ccc(NCC5CCC(C)(O)CC5)c([N+](=O)[O-])c4)c(N4c5cc6cc[nH]c6nc5O[C@H]5COCC[C@@H]54)c3)[C@H](C)C2)C1(C)C. The second-order valence-corrected chi connectivity index (χ2v) is 24.5. The van der Waals surface area contributed by atoms with Crippen molar-refractivity contribution in [1.82, 2.24) is 19.6 Å². The van der Waals surface area contributed by atoms with Crippen LogP contribution in [-0.4, -0.2) is 115 Å². The summed E-state index contributed by atoms with van der Waals surface area (Å²) in [7, 11) is -4.64. The number of ether oxygens (including phenoxy) is 3. The first-order chi connectivity index (χ1) is 35.4. The standard InChI is InChI=1S/C56H70N8O9S/c1-35-9-6-7-10-41(35)48-33-71-25-8-23-62(48)50-31-56(54(50,3)4)21-24-61(36(2)30-56)39-11-13-42(45(28-39)63-44-18-26-72-34-49(44)73-53-47(63)27-38-17-22-57-51(38)59-53)52(65)60-74(69,70)40-12-14-43(46(29-40)64(67)68)58-32-37-15-19-55(5,66)20-16-37/h6-7,9-14,17,22,27-29,36-37,44,48-50,58,66H,8,15-16,18-21,23-26,30-34H2,1-5H3,(H,57,59)(H,60,65)/t36-,37?,44+,48+,49+,50+,55?,56-/m1/s1. The van der Waals surface area contributed by atoms with Gasteiger partial charge in [-0.05, 0) is 149 Å². The molecule has 5 aromatic rings. The van der Waals surface area contributed by atoms with Crippen LogP contribution in [0.5, 0.6) is 5.88 Å². The lowest BCUT2D eigenvalue weighted by atomic mass is 9.43. The second-order valence-electron chi connectivity index (χ2n) is 22.8. The summed E-state index contributed by atoms with van der Waals surface area (Å²) in [6, 6.07) is 22.3. The number of aromatic amines is 1. The number of fused-ring (bicyclic) bond motifs is 3. The first-order valence-electron chi connectivity index (χ1n) is 26.6. The van der Waals surface area contributed by atoms with Gasteiger partial charge in [0, 0.05) is 68.3 Å². The number of piperidine rings is 1. The molecule has 1 amide bonds. The Kier molecular flexibility index (Phi) is 13.2. The molecule has 3 saturated heterocycles. The molecule has 0 bridgehead atoms. The van der Waals surface area contributed by atoms with Crippen molar-refractivity contribution in [3.8, 4) is 5.88 Å². The summed E-state index contributed by atoms with van der Waals surface area (Å²) < 4.78 is 49.5. The van der Waals surface area contributed by atoms with Gasteiger partial charge in [0.1, 0.15) is 23.1 Å². The summed E-state index contributed by atoms with van der Waals surface area (Å²) in [6.45, 7) is 15.7. The van der Waals surface area contributed by atoms with Crippen molar-refractivity contribution in [2.45, 2.75) is 133 Å². The minimum absolute atomic E-state index is 0.0274. The zero-order valence-corrected chi connectivity index (χ0v) is 44.0. The molecule has 4 N–H and O–H groups in total. The van der Waals surface area contributed by atoms with Crippen molar-refractivity contribution < 1.29 is 37.5 Å². The van der Waals surface area contributed by atoms with E-state index >= 15 is 0 Å². The van der Waals surface area contributed by atoms with Crippen molar-refractivity contribution in [3.63, 3.8) is 0 Å². The molecule has 6 atom stereocenters. The van der Waals surface area contributed by atoms with E-state index in [1.54, 1.807) is 6.07 Å². The Balaban J connectivity index is 0.898. The lowest BCUT2D eigenvalue weighted by Crippen LogP contribution is -2.68. The quantitative estimate of drug-likeness (QED) is 0.0720. The Morgan fingerprint density at radius 3 is 2.51 bits per heavy atom. The number of nitrogens with zero attached hydrogens (tertiary/aromatic N) is 5. The molecule has 394 valence electrons. The number of pyridine rings is 1. The van der Waals surface area contributed by atoms with E-state index in [-0.39, 0.29) is 46.1 Å². The van der Waals surface area contributed by atoms with Gasteiger partial charge in [0.25, 0.3) is 21.6 Å². The van der Waals surface area contributed by atoms with Gasteiger partial charge in [-0.25, -0.2) is 13.1 Å². The Labute approximate surface area is 433 Å². The third-order valence-corrected chi connectivity index (χ3v) is 19.4. The van der Waals surface area contributed by atoms with Gasteiger partial charge in [0.15, 0.2) is 0 Å². The van der Waals surface area contributed by atoms with Crippen LogP contribution in [0.3, 0.4) is 0 Å². The number of amides is 1. The lowest BCUT2D eigenvalue weighted by Gasteiger charge is -2.68. The second kappa shape index (κ2) is 19.4. The van der Waals surface area contributed by atoms with Crippen LogP contribution in [0.25, 0.3) is 11.0 Å². The maximum Gasteiger partial charge on any atom is 0.293 e. The topological polar surface area (TPSA) is 205 Å². The summed E-state index contributed by atoms with van der Waals surface area (Å²) in [5.41, 5.74) is 4.60. The van der Waals surface area contributed by atoms with Crippen LogP contribution in [0.1, 0.15) is 113 Å². The normalized spacial score (nSPS) is 29.1. The van der Waals surface area contributed by atoms with Crippen molar-refractivity contribution in [3.05, 3.63) is 106 Å². The first kappa shape index (κ1) is 50.4. The average molecular weight is 1030 g/mol. The number of H-pyrrole nitrogens is 1. The highest BCUT2D eigenvalue weighted by atomic mass is 32.2. The highest BCUT2D eigenvalue weighted by molar-refractivity contribution is 7.90. The number of aryl methyl sites for hydroxylation is 1. The molecule has 2 saturated carbocycles. The molecule has 11 rings (SSSR count). The molecule has 0 radical (unpaired) electrons. The molecule has 6 heterocycles. The molecule has 0 unspecified atom stereocenters. The zero-order valence-electron chi connectivity index (χ0n) is 43.1. The predicted molar refractivity (Wildman–Crippen MR) is 284 cm³/mol. The Morgan fingerprint density at radius 2 is 1.74 bits per heavy atom. The summed E-state index contributed by atoms with van der Waals surface area (Å²) in [4.78, 5) is 41.5. The van der Waals surface area contributed by atoms with Crippen molar-refractivity contribution >= 4 is 55.4 Å². The molecule has 3 aromatic carbocycles. The van der Waals surface area contributed by atoms with Gasteiger partial charge in [-0.3, -0.25) is 19.8 Å². The van der Waals surface area contributed by atoms with Crippen LogP contribution < -0.4 is 24.6 Å². The van der Waals surface area contributed by atoms with Crippen LogP contribution in [0.2, 0.25) is 0 Å². The summed E-state index contributed by atoms with van der Waals surface area (Å²) in [6.07, 6.45) is 8.79.